The highest BCUT2D eigenvalue weighted by atomic mass is 19.4. The molecule has 2 rings (SSSR count). The van der Waals surface area contributed by atoms with Crippen molar-refractivity contribution in [3.8, 4) is 0 Å². The Balaban J connectivity index is 2.60. The topological polar surface area (TPSA) is 29.1 Å². The number of hydrogen-bond donors (Lipinski definition) is 1. The van der Waals surface area contributed by atoms with Gasteiger partial charge in [0.05, 0.1) is 0 Å². The van der Waals surface area contributed by atoms with Crippen molar-refractivity contribution < 1.29 is 61.9 Å². The summed E-state index contributed by atoms with van der Waals surface area (Å²) >= 11 is 0. The lowest BCUT2D eigenvalue weighted by atomic mass is 9.88. The number of amides is 1. The van der Waals surface area contributed by atoms with E-state index in [9.17, 15) is 61.9 Å². The monoisotopic (exact) mass is 515 g/mol. The molecule has 0 atom stereocenters. The number of para-hydroxylation sites is 1. The van der Waals surface area contributed by atoms with Crippen LogP contribution >= 0.6 is 0 Å². The van der Waals surface area contributed by atoms with Crippen LogP contribution in [0.2, 0.25) is 0 Å². The van der Waals surface area contributed by atoms with Crippen molar-refractivity contribution in [1.82, 2.24) is 0 Å². The average Bonchev–Trinajstić information content (AvgIpc) is 2.73. The van der Waals surface area contributed by atoms with E-state index in [4.69, 9.17) is 0 Å². The Morgan fingerprint density at radius 2 is 1.00 bits per heavy atom. The maximum atomic E-state index is 14.5. The van der Waals surface area contributed by atoms with Crippen LogP contribution in [-0.4, -0.2) is 35.8 Å². The summed E-state index contributed by atoms with van der Waals surface area (Å²) in [6.07, 6.45) is -7.50. The van der Waals surface area contributed by atoms with Crippen molar-refractivity contribution in [2.24, 2.45) is 0 Å². The smallest absolute Gasteiger partial charge is 0.322 e. The number of anilines is 1. The Morgan fingerprint density at radius 1 is 0.559 bits per heavy atom. The maximum Gasteiger partial charge on any atom is 0.460 e. The van der Waals surface area contributed by atoms with Gasteiger partial charge in [0.25, 0.3) is 5.91 Å². The van der Waals surface area contributed by atoms with E-state index in [-0.39, 0.29) is 11.8 Å². The van der Waals surface area contributed by atoms with Gasteiger partial charge in [0.15, 0.2) is 0 Å². The molecule has 1 amide bonds. The van der Waals surface area contributed by atoms with Crippen LogP contribution < -0.4 is 5.32 Å². The second-order valence-corrected chi connectivity index (χ2v) is 6.74. The highest BCUT2D eigenvalue weighted by Gasteiger charge is 2.91. The molecule has 2 nitrogen and oxygen atoms in total. The zero-order chi connectivity index (χ0) is 26.4. The van der Waals surface area contributed by atoms with Crippen LogP contribution in [0.5, 0.6) is 0 Å². The average molecular weight is 515 g/mol. The summed E-state index contributed by atoms with van der Waals surface area (Å²) in [5, 5.41) is 1.91. The predicted octanol–water partition coefficient (Wildman–Crippen LogP) is 7.13. The Bertz CT molecular complexity index is 1030. The quantitative estimate of drug-likeness (QED) is 0.391. The standard InChI is InChI=1S/C19H10F13NO/c20-14(21,15(22,23)16(24,25)17(26,27)18(28,29)19(30,31)32)12-9-5-4-8-11(12)13(34)33-10-6-2-1-3-7-10/h1-9H,(H,33,34). The number of alkyl halides is 13. The first-order valence-electron chi connectivity index (χ1n) is 8.65. The van der Waals surface area contributed by atoms with E-state index < -0.39 is 52.8 Å². The highest BCUT2D eigenvalue weighted by molar-refractivity contribution is 6.05. The third kappa shape index (κ3) is 4.04. The Hall–Kier alpha value is -3.00. The lowest BCUT2D eigenvalue weighted by Crippen LogP contribution is -2.69. The molecule has 0 bridgehead atoms. The molecular weight excluding hydrogens is 505 g/mol. The fourth-order valence-corrected chi connectivity index (χ4v) is 2.61. The van der Waals surface area contributed by atoms with Gasteiger partial charge in [-0.15, -0.1) is 0 Å². The van der Waals surface area contributed by atoms with Crippen LogP contribution in [0, 0.1) is 0 Å². The summed E-state index contributed by atoms with van der Waals surface area (Å²) in [7, 11) is 0. The molecule has 188 valence electrons. The summed E-state index contributed by atoms with van der Waals surface area (Å²) < 4.78 is 174. The molecule has 34 heavy (non-hydrogen) atoms. The fourth-order valence-electron chi connectivity index (χ4n) is 2.61. The van der Waals surface area contributed by atoms with Gasteiger partial charge >= 0.3 is 35.8 Å². The number of halogens is 13. The van der Waals surface area contributed by atoms with Gasteiger partial charge < -0.3 is 5.32 Å². The molecule has 0 saturated carbocycles. The van der Waals surface area contributed by atoms with Gasteiger partial charge in [0.1, 0.15) is 0 Å². The lowest BCUT2D eigenvalue weighted by Gasteiger charge is -2.40. The largest absolute Gasteiger partial charge is 0.460 e. The third-order valence-corrected chi connectivity index (χ3v) is 4.47. The fraction of sp³-hybridized carbons (Fsp3) is 0.316. The second-order valence-electron chi connectivity index (χ2n) is 6.74. The lowest BCUT2D eigenvalue weighted by molar-refractivity contribution is -0.441. The number of rotatable bonds is 7. The molecule has 1 N–H and O–H groups in total. The van der Waals surface area contributed by atoms with E-state index in [1.807, 2.05) is 5.32 Å². The van der Waals surface area contributed by atoms with Gasteiger partial charge in [-0.25, -0.2) is 0 Å². The molecule has 0 fully saturated rings. The molecule has 0 aliphatic heterocycles. The summed E-state index contributed by atoms with van der Waals surface area (Å²) in [5.41, 5.74) is -3.92. The summed E-state index contributed by atoms with van der Waals surface area (Å²) in [6.45, 7) is 0. The van der Waals surface area contributed by atoms with Gasteiger partial charge in [-0.2, -0.15) is 57.1 Å². The number of benzene rings is 2. The zero-order valence-corrected chi connectivity index (χ0v) is 16.0. The molecular formula is C19H10F13NO. The first-order chi connectivity index (χ1) is 15.2. The molecule has 0 spiro atoms. The van der Waals surface area contributed by atoms with Crippen LogP contribution in [0.3, 0.4) is 0 Å². The third-order valence-electron chi connectivity index (χ3n) is 4.47. The number of carbonyl (C=O) groups is 1. The van der Waals surface area contributed by atoms with Crippen molar-refractivity contribution in [2.45, 2.75) is 35.8 Å². The molecule has 0 radical (unpaired) electrons. The summed E-state index contributed by atoms with van der Waals surface area (Å²) in [6, 6.07) is 8.03. The van der Waals surface area contributed by atoms with Crippen LogP contribution in [0.4, 0.5) is 62.8 Å². The molecule has 2 aromatic rings. The van der Waals surface area contributed by atoms with E-state index in [1.165, 1.54) is 30.3 Å². The Kier molecular flexibility index (Phi) is 6.68. The van der Waals surface area contributed by atoms with Crippen molar-refractivity contribution in [3.05, 3.63) is 65.7 Å². The molecule has 0 unspecified atom stereocenters. The second kappa shape index (κ2) is 8.34. The summed E-state index contributed by atoms with van der Waals surface area (Å²) in [5.74, 6) is -39.5. The van der Waals surface area contributed by atoms with Crippen molar-refractivity contribution >= 4 is 11.6 Å². The predicted molar refractivity (Wildman–Crippen MR) is 90.6 cm³/mol. The number of nitrogens with one attached hydrogen (secondary N) is 1. The van der Waals surface area contributed by atoms with Gasteiger partial charge in [-0.05, 0) is 18.2 Å². The number of hydrogen-bond acceptors (Lipinski definition) is 1. The Labute approximate surface area is 181 Å². The van der Waals surface area contributed by atoms with Crippen molar-refractivity contribution in [1.29, 1.82) is 0 Å². The molecule has 2 aromatic carbocycles. The molecule has 0 heterocycles. The van der Waals surface area contributed by atoms with Crippen LogP contribution in [0.15, 0.2) is 54.6 Å². The minimum absolute atomic E-state index is 0.0794. The minimum atomic E-state index is -8.02. The van der Waals surface area contributed by atoms with Gasteiger partial charge in [-0.3, -0.25) is 4.79 Å². The molecule has 0 aliphatic rings. The first kappa shape index (κ1) is 27.2. The van der Waals surface area contributed by atoms with Crippen LogP contribution in [0.1, 0.15) is 15.9 Å². The first-order valence-corrected chi connectivity index (χ1v) is 8.65. The molecule has 0 aromatic heterocycles. The van der Waals surface area contributed by atoms with Gasteiger partial charge in [0, 0.05) is 16.8 Å². The minimum Gasteiger partial charge on any atom is -0.322 e. The van der Waals surface area contributed by atoms with E-state index in [0.29, 0.717) is 12.1 Å². The SMILES string of the molecule is O=C(Nc1ccccc1)c1ccccc1C(F)(F)C(F)(F)C(F)(F)C(F)(F)C(F)(F)C(F)(F)F. The zero-order valence-electron chi connectivity index (χ0n) is 16.0. The van der Waals surface area contributed by atoms with E-state index >= 15 is 0 Å². The van der Waals surface area contributed by atoms with Crippen molar-refractivity contribution in [2.75, 3.05) is 5.32 Å². The number of carbonyl (C=O) groups excluding carboxylic acids is 1. The van der Waals surface area contributed by atoms with E-state index in [2.05, 4.69) is 0 Å². The Morgan fingerprint density at radius 3 is 1.50 bits per heavy atom. The van der Waals surface area contributed by atoms with Gasteiger partial charge in [0.2, 0.25) is 0 Å². The van der Waals surface area contributed by atoms with Gasteiger partial charge in [-0.1, -0.05) is 36.4 Å². The highest BCUT2D eigenvalue weighted by Crippen LogP contribution is 2.62. The van der Waals surface area contributed by atoms with Crippen LogP contribution in [-0.2, 0) is 5.92 Å². The van der Waals surface area contributed by atoms with E-state index in [0.717, 1.165) is 6.07 Å². The summed E-state index contributed by atoms with van der Waals surface area (Å²) in [4.78, 5) is 12.3. The molecule has 0 saturated heterocycles. The van der Waals surface area contributed by atoms with Crippen LogP contribution in [0.25, 0.3) is 0 Å². The van der Waals surface area contributed by atoms with Crippen molar-refractivity contribution in [3.63, 3.8) is 0 Å². The molecule has 0 aliphatic carbocycles. The normalized spacial score (nSPS) is 14.1. The maximum absolute atomic E-state index is 14.5. The van der Waals surface area contributed by atoms with E-state index in [1.54, 1.807) is 0 Å². The molecule has 15 heteroatoms.